The molecule has 0 aliphatic rings. The van der Waals surface area contributed by atoms with E-state index in [1.165, 1.54) is 0 Å². The van der Waals surface area contributed by atoms with Gasteiger partial charge in [-0.2, -0.15) is 0 Å². The summed E-state index contributed by atoms with van der Waals surface area (Å²) in [7, 11) is 0. The Morgan fingerprint density at radius 2 is 1.53 bits per heavy atom. The van der Waals surface area contributed by atoms with Gasteiger partial charge in [0.25, 0.3) is 0 Å². The van der Waals surface area contributed by atoms with Crippen LogP contribution in [0.15, 0.2) is 0 Å². The lowest BCUT2D eigenvalue weighted by Crippen LogP contribution is -2.51. The van der Waals surface area contributed by atoms with Gasteiger partial charge in [0.1, 0.15) is 0 Å². The number of rotatable bonds is 7. The van der Waals surface area contributed by atoms with Gasteiger partial charge < -0.3 is 22.1 Å². The van der Waals surface area contributed by atoms with Crippen molar-refractivity contribution in [3.63, 3.8) is 0 Å². The highest BCUT2D eigenvalue weighted by Gasteiger charge is 2.34. The molecule has 1 atom stereocenters. The molecule has 0 aromatic heterocycles. The van der Waals surface area contributed by atoms with E-state index in [0.717, 1.165) is 4.90 Å². The Morgan fingerprint density at radius 1 is 1.12 bits per heavy atom. The number of hydrogen-bond acceptors (Lipinski definition) is 4. The summed E-state index contributed by atoms with van der Waals surface area (Å²) in [6.07, 6.45) is 0.496. The van der Waals surface area contributed by atoms with Crippen LogP contribution < -0.4 is 17.2 Å². The number of nitrogens with two attached hydrogens (primary N) is 3. The Balaban J connectivity index is 4.96. The van der Waals surface area contributed by atoms with Gasteiger partial charge in [0.05, 0.1) is 18.5 Å². The number of hydrogen-bond donors (Lipinski definition) is 3. The van der Waals surface area contributed by atoms with E-state index in [4.69, 9.17) is 17.2 Å². The smallest absolute Gasteiger partial charge is 0.237 e. The van der Waals surface area contributed by atoms with E-state index in [2.05, 4.69) is 0 Å². The molecule has 0 aliphatic carbocycles. The molecule has 7 heteroatoms. The van der Waals surface area contributed by atoms with Crippen molar-refractivity contribution in [2.75, 3.05) is 19.6 Å². The first-order valence-electron chi connectivity index (χ1n) is 5.33. The average Bonchev–Trinajstić information content (AvgIpc) is 2.24. The van der Waals surface area contributed by atoms with E-state index in [0.29, 0.717) is 6.42 Å². The fourth-order valence-corrected chi connectivity index (χ4v) is 1.34. The Labute approximate surface area is 100 Å². The van der Waals surface area contributed by atoms with Crippen molar-refractivity contribution >= 4 is 17.7 Å². The van der Waals surface area contributed by atoms with E-state index in [1.807, 2.05) is 0 Å². The number of amides is 3. The number of nitrogens with zero attached hydrogens (tertiary/aromatic N) is 1. The fourth-order valence-electron chi connectivity index (χ4n) is 1.34. The van der Waals surface area contributed by atoms with Gasteiger partial charge >= 0.3 is 0 Å². The third-order valence-electron chi connectivity index (χ3n) is 2.73. The molecule has 0 aromatic rings. The average molecular weight is 244 g/mol. The van der Waals surface area contributed by atoms with Crippen LogP contribution in [0.2, 0.25) is 0 Å². The molecule has 0 heterocycles. The molecule has 0 spiro atoms. The zero-order chi connectivity index (χ0) is 13.6. The van der Waals surface area contributed by atoms with Crippen molar-refractivity contribution in [1.82, 2.24) is 4.90 Å². The topological polar surface area (TPSA) is 133 Å². The highest BCUT2D eigenvalue weighted by atomic mass is 16.2. The number of primary amides is 2. The van der Waals surface area contributed by atoms with Crippen LogP contribution in [0.5, 0.6) is 0 Å². The van der Waals surface area contributed by atoms with Crippen molar-refractivity contribution in [3.8, 4) is 0 Å². The second kappa shape index (κ2) is 6.19. The van der Waals surface area contributed by atoms with Gasteiger partial charge in [-0.1, -0.05) is 6.92 Å². The molecule has 6 N–H and O–H groups in total. The van der Waals surface area contributed by atoms with E-state index >= 15 is 0 Å². The molecular weight excluding hydrogens is 224 g/mol. The van der Waals surface area contributed by atoms with Crippen molar-refractivity contribution in [1.29, 1.82) is 0 Å². The summed E-state index contributed by atoms with van der Waals surface area (Å²) in [6.45, 7) is 2.92. The van der Waals surface area contributed by atoms with Crippen molar-refractivity contribution in [2.45, 2.75) is 20.3 Å². The molecule has 1 unspecified atom stereocenters. The van der Waals surface area contributed by atoms with Crippen LogP contribution in [-0.2, 0) is 14.4 Å². The summed E-state index contributed by atoms with van der Waals surface area (Å²) in [6, 6.07) is 0. The molecule has 0 rings (SSSR count). The minimum absolute atomic E-state index is 0.121. The van der Waals surface area contributed by atoms with Gasteiger partial charge in [0, 0.05) is 6.54 Å². The summed E-state index contributed by atoms with van der Waals surface area (Å²) in [5, 5.41) is 0. The number of carbonyl (C=O) groups is 3. The standard InChI is InChI=1S/C10H20N4O3/c1-3-10(2,6-11)9(17)14(4-7(12)15)5-8(13)16/h3-6,11H2,1-2H3,(H2,12,15)(H2,13,16). The first-order valence-corrected chi connectivity index (χ1v) is 5.33. The highest BCUT2D eigenvalue weighted by Crippen LogP contribution is 2.22. The second-order valence-corrected chi connectivity index (χ2v) is 4.21. The van der Waals surface area contributed by atoms with Crippen LogP contribution in [0, 0.1) is 5.41 Å². The minimum atomic E-state index is -0.815. The zero-order valence-corrected chi connectivity index (χ0v) is 10.2. The van der Waals surface area contributed by atoms with Gasteiger partial charge in [0.15, 0.2) is 0 Å². The summed E-state index contributed by atoms with van der Waals surface area (Å²) in [5.41, 5.74) is 14.8. The van der Waals surface area contributed by atoms with Gasteiger partial charge in [-0.15, -0.1) is 0 Å². The van der Waals surface area contributed by atoms with Gasteiger partial charge in [-0.3, -0.25) is 14.4 Å². The van der Waals surface area contributed by atoms with Crippen LogP contribution in [0.4, 0.5) is 0 Å². The van der Waals surface area contributed by atoms with E-state index < -0.39 is 17.2 Å². The molecule has 0 saturated heterocycles. The van der Waals surface area contributed by atoms with Crippen molar-refractivity contribution in [2.24, 2.45) is 22.6 Å². The predicted molar refractivity (Wildman–Crippen MR) is 62.4 cm³/mol. The summed E-state index contributed by atoms with van der Waals surface area (Å²) in [5.74, 6) is -1.79. The Bertz CT molecular complexity index is 297. The molecule has 0 saturated carbocycles. The first kappa shape index (κ1) is 15.4. The first-order chi connectivity index (χ1) is 7.76. The second-order valence-electron chi connectivity index (χ2n) is 4.21. The lowest BCUT2D eigenvalue weighted by atomic mass is 9.86. The van der Waals surface area contributed by atoms with Gasteiger partial charge in [0.2, 0.25) is 17.7 Å². The molecule has 0 aromatic carbocycles. The molecular formula is C10H20N4O3. The Hall–Kier alpha value is -1.63. The third kappa shape index (κ3) is 4.39. The van der Waals surface area contributed by atoms with Crippen LogP contribution in [0.1, 0.15) is 20.3 Å². The summed E-state index contributed by atoms with van der Waals surface area (Å²) >= 11 is 0. The van der Waals surface area contributed by atoms with Crippen LogP contribution >= 0.6 is 0 Å². The summed E-state index contributed by atoms with van der Waals surface area (Å²) in [4.78, 5) is 34.9. The molecule has 98 valence electrons. The van der Waals surface area contributed by atoms with Crippen molar-refractivity contribution < 1.29 is 14.4 Å². The molecule has 0 radical (unpaired) electrons. The maximum Gasteiger partial charge on any atom is 0.237 e. The van der Waals surface area contributed by atoms with E-state index in [-0.39, 0.29) is 25.5 Å². The normalized spacial score (nSPS) is 13.8. The van der Waals surface area contributed by atoms with E-state index in [9.17, 15) is 14.4 Å². The maximum atomic E-state index is 12.1. The van der Waals surface area contributed by atoms with Crippen LogP contribution in [0.3, 0.4) is 0 Å². The predicted octanol–water partition coefficient (Wildman–Crippen LogP) is -1.84. The molecule has 0 bridgehead atoms. The van der Waals surface area contributed by atoms with Gasteiger partial charge in [-0.25, -0.2) is 0 Å². The molecule has 7 nitrogen and oxygen atoms in total. The SMILES string of the molecule is CCC(C)(CN)C(=O)N(CC(N)=O)CC(N)=O. The highest BCUT2D eigenvalue weighted by molar-refractivity contribution is 5.90. The fraction of sp³-hybridized carbons (Fsp3) is 0.700. The molecule has 0 fully saturated rings. The summed E-state index contributed by atoms with van der Waals surface area (Å²) < 4.78 is 0. The number of carbonyl (C=O) groups excluding carboxylic acids is 3. The maximum absolute atomic E-state index is 12.1. The molecule has 17 heavy (non-hydrogen) atoms. The zero-order valence-electron chi connectivity index (χ0n) is 10.2. The quantitative estimate of drug-likeness (QED) is 0.485. The largest absolute Gasteiger partial charge is 0.368 e. The van der Waals surface area contributed by atoms with Crippen molar-refractivity contribution in [3.05, 3.63) is 0 Å². The molecule has 3 amide bonds. The van der Waals surface area contributed by atoms with Gasteiger partial charge in [-0.05, 0) is 13.3 Å². The minimum Gasteiger partial charge on any atom is -0.368 e. The monoisotopic (exact) mass is 244 g/mol. The van der Waals surface area contributed by atoms with Crippen LogP contribution in [0.25, 0.3) is 0 Å². The lowest BCUT2D eigenvalue weighted by Gasteiger charge is -2.31. The Kier molecular flexibility index (Phi) is 5.60. The third-order valence-corrected chi connectivity index (χ3v) is 2.73. The molecule has 0 aliphatic heterocycles. The van der Waals surface area contributed by atoms with E-state index in [1.54, 1.807) is 13.8 Å². The van der Waals surface area contributed by atoms with Crippen LogP contribution in [-0.4, -0.2) is 42.3 Å². The lowest BCUT2D eigenvalue weighted by molar-refractivity contribution is -0.145. The Morgan fingerprint density at radius 3 is 1.76 bits per heavy atom.